The van der Waals surface area contributed by atoms with E-state index in [0.29, 0.717) is 6.54 Å². The molecule has 2 rings (SSSR count). The lowest BCUT2D eigenvalue weighted by Gasteiger charge is -2.10. The largest absolute Gasteiger partial charge is 0.481 e. The topological polar surface area (TPSA) is 63.3 Å². The van der Waals surface area contributed by atoms with E-state index in [9.17, 15) is 4.79 Å². The van der Waals surface area contributed by atoms with Crippen molar-refractivity contribution < 1.29 is 9.90 Å². The molecular weight excluding hydrogens is 238 g/mol. The second-order valence-corrected chi connectivity index (χ2v) is 4.54. The molecule has 3 N–H and O–H groups in total. The van der Waals surface area contributed by atoms with Crippen molar-refractivity contribution in [2.24, 2.45) is 5.73 Å². The first-order valence-corrected chi connectivity index (χ1v) is 6.24. The second-order valence-electron chi connectivity index (χ2n) is 4.54. The molecule has 1 unspecified atom stereocenters. The standard InChI is InChI=1S/C16H17NO2/c1-11(16(18)19)12-6-8-13(9-7-12)15-5-3-2-4-14(15)10-17/h2-9,11H,10,17H2,1H3,(H,18,19). The van der Waals surface area contributed by atoms with Crippen LogP contribution in [0.15, 0.2) is 48.5 Å². The molecule has 1 atom stereocenters. The molecule has 0 aliphatic rings. The van der Waals surface area contributed by atoms with Gasteiger partial charge in [-0.15, -0.1) is 0 Å². The van der Waals surface area contributed by atoms with E-state index in [-0.39, 0.29) is 0 Å². The molecule has 2 aromatic carbocycles. The SMILES string of the molecule is CC(C(=O)O)c1ccc(-c2ccccc2CN)cc1. The van der Waals surface area contributed by atoms with Crippen LogP contribution in [0.3, 0.4) is 0 Å². The maximum absolute atomic E-state index is 10.9. The number of carboxylic acid groups (broad SMARTS) is 1. The maximum Gasteiger partial charge on any atom is 0.310 e. The van der Waals surface area contributed by atoms with E-state index >= 15 is 0 Å². The molecule has 3 heteroatoms. The number of nitrogens with two attached hydrogens (primary N) is 1. The van der Waals surface area contributed by atoms with Crippen molar-refractivity contribution in [2.75, 3.05) is 0 Å². The third-order valence-corrected chi connectivity index (χ3v) is 3.33. The van der Waals surface area contributed by atoms with Crippen LogP contribution < -0.4 is 5.73 Å². The van der Waals surface area contributed by atoms with E-state index in [0.717, 1.165) is 22.3 Å². The number of carbonyl (C=O) groups is 1. The fourth-order valence-corrected chi connectivity index (χ4v) is 2.07. The molecule has 19 heavy (non-hydrogen) atoms. The van der Waals surface area contributed by atoms with Gasteiger partial charge in [-0.25, -0.2) is 0 Å². The van der Waals surface area contributed by atoms with Crippen molar-refractivity contribution in [1.82, 2.24) is 0 Å². The monoisotopic (exact) mass is 255 g/mol. The highest BCUT2D eigenvalue weighted by Gasteiger charge is 2.13. The zero-order chi connectivity index (χ0) is 13.8. The van der Waals surface area contributed by atoms with Crippen molar-refractivity contribution in [1.29, 1.82) is 0 Å². The smallest absolute Gasteiger partial charge is 0.310 e. The molecule has 0 saturated heterocycles. The highest BCUT2D eigenvalue weighted by atomic mass is 16.4. The lowest BCUT2D eigenvalue weighted by molar-refractivity contribution is -0.138. The third kappa shape index (κ3) is 2.83. The van der Waals surface area contributed by atoms with Gasteiger partial charge < -0.3 is 10.8 Å². The van der Waals surface area contributed by atoms with Gasteiger partial charge in [-0.2, -0.15) is 0 Å². The first kappa shape index (κ1) is 13.3. The van der Waals surface area contributed by atoms with E-state index in [4.69, 9.17) is 10.8 Å². The average Bonchev–Trinajstić information content (AvgIpc) is 2.46. The summed E-state index contributed by atoms with van der Waals surface area (Å²) in [6, 6.07) is 15.6. The van der Waals surface area contributed by atoms with E-state index in [1.807, 2.05) is 48.5 Å². The van der Waals surface area contributed by atoms with Crippen LogP contribution in [-0.4, -0.2) is 11.1 Å². The first-order chi connectivity index (χ1) is 9.13. The summed E-state index contributed by atoms with van der Waals surface area (Å²) in [6.45, 7) is 2.18. The highest BCUT2D eigenvalue weighted by molar-refractivity contribution is 5.76. The summed E-state index contributed by atoms with van der Waals surface area (Å²) in [5.41, 5.74) is 9.77. The Labute approximate surface area is 112 Å². The Morgan fingerprint density at radius 3 is 2.37 bits per heavy atom. The van der Waals surface area contributed by atoms with Crippen LogP contribution >= 0.6 is 0 Å². The summed E-state index contributed by atoms with van der Waals surface area (Å²) in [6.07, 6.45) is 0. The molecule has 2 aromatic rings. The Kier molecular flexibility index (Phi) is 3.97. The van der Waals surface area contributed by atoms with Crippen molar-refractivity contribution in [3.05, 3.63) is 59.7 Å². The van der Waals surface area contributed by atoms with E-state index in [2.05, 4.69) is 0 Å². The Balaban J connectivity index is 2.35. The molecule has 0 aromatic heterocycles. The summed E-state index contributed by atoms with van der Waals surface area (Å²) in [5, 5.41) is 8.99. The normalized spacial score (nSPS) is 12.1. The van der Waals surface area contributed by atoms with E-state index in [1.54, 1.807) is 6.92 Å². The molecule has 0 fully saturated rings. The number of aliphatic carboxylic acids is 1. The molecule has 0 radical (unpaired) electrons. The summed E-state index contributed by atoms with van der Waals surface area (Å²) >= 11 is 0. The minimum atomic E-state index is -0.810. The van der Waals surface area contributed by atoms with Gasteiger partial charge in [0.05, 0.1) is 5.92 Å². The van der Waals surface area contributed by atoms with Gasteiger partial charge in [-0.3, -0.25) is 4.79 Å². The Morgan fingerprint density at radius 2 is 1.79 bits per heavy atom. The summed E-state index contributed by atoms with van der Waals surface area (Å²) in [7, 11) is 0. The zero-order valence-electron chi connectivity index (χ0n) is 10.8. The average molecular weight is 255 g/mol. The first-order valence-electron chi connectivity index (χ1n) is 6.24. The molecule has 0 aliphatic carbocycles. The van der Waals surface area contributed by atoms with Crippen molar-refractivity contribution in [2.45, 2.75) is 19.4 Å². The van der Waals surface area contributed by atoms with Gasteiger partial charge in [0.15, 0.2) is 0 Å². The van der Waals surface area contributed by atoms with Crippen LogP contribution in [0, 0.1) is 0 Å². The molecule has 3 nitrogen and oxygen atoms in total. The summed E-state index contributed by atoms with van der Waals surface area (Å²) in [5.74, 6) is -1.30. The Bertz CT molecular complexity index is 576. The number of carboxylic acids is 1. The quantitative estimate of drug-likeness (QED) is 0.882. The molecule has 0 aliphatic heterocycles. The molecule has 0 bridgehead atoms. The molecule has 0 heterocycles. The molecular formula is C16H17NO2. The Hall–Kier alpha value is -2.13. The molecule has 0 spiro atoms. The van der Waals surface area contributed by atoms with Crippen molar-refractivity contribution in [3.8, 4) is 11.1 Å². The summed E-state index contributed by atoms with van der Waals surface area (Å²) < 4.78 is 0. The van der Waals surface area contributed by atoms with Gasteiger partial charge >= 0.3 is 5.97 Å². The molecule has 0 amide bonds. The van der Waals surface area contributed by atoms with Gasteiger partial charge in [0.2, 0.25) is 0 Å². The minimum absolute atomic E-state index is 0.487. The number of rotatable bonds is 4. The zero-order valence-corrected chi connectivity index (χ0v) is 10.8. The van der Waals surface area contributed by atoms with Gasteiger partial charge in [0.25, 0.3) is 0 Å². The number of benzene rings is 2. The van der Waals surface area contributed by atoms with E-state index in [1.165, 1.54) is 0 Å². The molecule has 0 saturated carbocycles. The van der Waals surface area contributed by atoms with Crippen molar-refractivity contribution >= 4 is 5.97 Å². The lowest BCUT2D eigenvalue weighted by atomic mass is 9.95. The van der Waals surface area contributed by atoms with Crippen LogP contribution in [0.2, 0.25) is 0 Å². The molecule has 98 valence electrons. The van der Waals surface area contributed by atoms with Crippen LogP contribution in [0.4, 0.5) is 0 Å². The van der Waals surface area contributed by atoms with Crippen LogP contribution in [0.1, 0.15) is 24.0 Å². The maximum atomic E-state index is 10.9. The minimum Gasteiger partial charge on any atom is -0.481 e. The number of hydrogen-bond acceptors (Lipinski definition) is 2. The Morgan fingerprint density at radius 1 is 1.16 bits per heavy atom. The van der Waals surface area contributed by atoms with Gasteiger partial charge in [-0.05, 0) is 29.2 Å². The predicted octanol–water partition coefficient (Wildman–Crippen LogP) is 3.00. The highest BCUT2D eigenvalue weighted by Crippen LogP contribution is 2.25. The lowest BCUT2D eigenvalue weighted by Crippen LogP contribution is -2.07. The second kappa shape index (κ2) is 5.67. The van der Waals surface area contributed by atoms with Crippen molar-refractivity contribution in [3.63, 3.8) is 0 Å². The van der Waals surface area contributed by atoms with Gasteiger partial charge in [-0.1, -0.05) is 48.5 Å². The van der Waals surface area contributed by atoms with Gasteiger partial charge in [0, 0.05) is 6.54 Å². The number of hydrogen-bond donors (Lipinski definition) is 2. The predicted molar refractivity (Wildman–Crippen MR) is 75.8 cm³/mol. The third-order valence-electron chi connectivity index (χ3n) is 3.33. The fraction of sp³-hybridized carbons (Fsp3) is 0.188. The summed E-state index contributed by atoms with van der Waals surface area (Å²) in [4.78, 5) is 10.9. The fourth-order valence-electron chi connectivity index (χ4n) is 2.07. The van der Waals surface area contributed by atoms with Crippen LogP contribution in [0.25, 0.3) is 11.1 Å². The van der Waals surface area contributed by atoms with Gasteiger partial charge in [0.1, 0.15) is 0 Å². The van der Waals surface area contributed by atoms with E-state index < -0.39 is 11.9 Å². The van der Waals surface area contributed by atoms with Crippen LogP contribution in [-0.2, 0) is 11.3 Å². The van der Waals surface area contributed by atoms with Crippen LogP contribution in [0.5, 0.6) is 0 Å².